The SMILES string of the molecule is C=CCOc1cccc(NCC(=O)N2CCNC(=O)C2CC(=O)OCCCC)c1. The van der Waals surface area contributed by atoms with Gasteiger partial charge in [0.05, 0.1) is 19.6 Å². The highest BCUT2D eigenvalue weighted by Gasteiger charge is 2.34. The maximum atomic E-state index is 12.7. The lowest BCUT2D eigenvalue weighted by Crippen LogP contribution is -2.58. The minimum Gasteiger partial charge on any atom is -0.489 e. The average molecular weight is 403 g/mol. The lowest BCUT2D eigenvalue weighted by Gasteiger charge is -2.34. The van der Waals surface area contributed by atoms with E-state index in [-0.39, 0.29) is 24.8 Å². The molecule has 2 N–H and O–H groups in total. The van der Waals surface area contributed by atoms with E-state index in [9.17, 15) is 14.4 Å². The molecule has 2 rings (SSSR count). The van der Waals surface area contributed by atoms with Gasteiger partial charge in [-0.2, -0.15) is 0 Å². The molecule has 1 saturated heterocycles. The Morgan fingerprint density at radius 3 is 3.00 bits per heavy atom. The fourth-order valence-corrected chi connectivity index (χ4v) is 2.89. The van der Waals surface area contributed by atoms with Crippen LogP contribution in [-0.2, 0) is 19.1 Å². The summed E-state index contributed by atoms with van der Waals surface area (Å²) in [6.07, 6.45) is 3.18. The number of amides is 2. The normalized spacial score (nSPS) is 16.0. The summed E-state index contributed by atoms with van der Waals surface area (Å²) < 4.78 is 10.6. The van der Waals surface area contributed by atoms with Crippen LogP contribution in [0.4, 0.5) is 5.69 Å². The fourth-order valence-electron chi connectivity index (χ4n) is 2.89. The molecular formula is C21H29N3O5. The predicted octanol–water partition coefficient (Wildman–Crippen LogP) is 1.72. The van der Waals surface area contributed by atoms with Crippen LogP contribution >= 0.6 is 0 Å². The maximum Gasteiger partial charge on any atom is 0.308 e. The zero-order valence-corrected chi connectivity index (χ0v) is 16.8. The third-order valence-corrected chi connectivity index (χ3v) is 4.42. The summed E-state index contributed by atoms with van der Waals surface area (Å²) in [6.45, 7) is 7.02. The van der Waals surface area contributed by atoms with E-state index in [0.29, 0.717) is 32.1 Å². The van der Waals surface area contributed by atoms with E-state index in [2.05, 4.69) is 17.2 Å². The van der Waals surface area contributed by atoms with Gasteiger partial charge in [-0.15, -0.1) is 0 Å². The van der Waals surface area contributed by atoms with Crippen molar-refractivity contribution in [2.75, 3.05) is 38.2 Å². The molecule has 2 amide bonds. The second-order valence-corrected chi connectivity index (χ2v) is 6.65. The van der Waals surface area contributed by atoms with Gasteiger partial charge >= 0.3 is 5.97 Å². The van der Waals surface area contributed by atoms with Crippen LogP contribution in [0.3, 0.4) is 0 Å². The van der Waals surface area contributed by atoms with Crippen molar-refractivity contribution < 1.29 is 23.9 Å². The van der Waals surface area contributed by atoms with Crippen LogP contribution in [0.1, 0.15) is 26.2 Å². The van der Waals surface area contributed by atoms with Crippen molar-refractivity contribution in [3.05, 3.63) is 36.9 Å². The van der Waals surface area contributed by atoms with Gasteiger partial charge in [-0.05, 0) is 18.6 Å². The summed E-state index contributed by atoms with van der Waals surface area (Å²) in [5, 5.41) is 5.75. The zero-order chi connectivity index (χ0) is 21.1. The molecule has 0 radical (unpaired) electrons. The molecule has 0 saturated carbocycles. The average Bonchev–Trinajstić information content (AvgIpc) is 2.72. The minimum atomic E-state index is -0.852. The number of nitrogens with zero attached hydrogens (tertiary/aromatic N) is 1. The van der Waals surface area contributed by atoms with Gasteiger partial charge < -0.3 is 25.0 Å². The largest absolute Gasteiger partial charge is 0.489 e. The number of esters is 1. The lowest BCUT2D eigenvalue weighted by molar-refractivity contribution is -0.151. The first-order valence-electron chi connectivity index (χ1n) is 9.85. The highest BCUT2D eigenvalue weighted by atomic mass is 16.5. The third kappa shape index (κ3) is 7.14. The Balaban J connectivity index is 1.93. The minimum absolute atomic E-state index is 0.000423. The van der Waals surface area contributed by atoms with Crippen molar-refractivity contribution in [3.8, 4) is 5.75 Å². The number of hydrogen-bond acceptors (Lipinski definition) is 6. The Labute approximate surface area is 171 Å². The highest BCUT2D eigenvalue weighted by Crippen LogP contribution is 2.18. The summed E-state index contributed by atoms with van der Waals surface area (Å²) in [6, 6.07) is 6.37. The Bertz CT molecular complexity index is 722. The van der Waals surface area contributed by atoms with E-state index >= 15 is 0 Å². The zero-order valence-electron chi connectivity index (χ0n) is 16.8. The number of anilines is 1. The van der Waals surface area contributed by atoms with Gasteiger partial charge in [0.2, 0.25) is 11.8 Å². The first-order chi connectivity index (χ1) is 14.0. The molecule has 0 aliphatic carbocycles. The van der Waals surface area contributed by atoms with Crippen molar-refractivity contribution in [2.45, 2.75) is 32.2 Å². The van der Waals surface area contributed by atoms with Gasteiger partial charge in [-0.3, -0.25) is 14.4 Å². The van der Waals surface area contributed by atoms with E-state index in [4.69, 9.17) is 9.47 Å². The molecule has 0 aromatic heterocycles. The molecule has 8 nitrogen and oxygen atoms in total. The molecule has 1 unspecified atom stereocenters. The van der Waals surface area contributed by atoms with E-state index in [1.807, 2.05) is 25.1 Å². The van der Waals surface area contributed by atoms with Gasteiger partial charge in [0.15, 0.2) is 0 Å². The molecule has 1 aliphatic rings. The van der Waals surface area contributed by atoms with E-state index in [1.54, 1.807) is 12.1 Å². The van der Waals surface area contributed by atoms with Crippen LogP contribution in [0.15, 0.2) is 36.9 Å². The first-order valence-corrected chi connectivity index (χ1v) is 9.85. The van der Waals surface area contributed by atoms with Gasteiger partial charge in [0.25, 0.3) is 0 Å². The summed E-state index contributed by atoms with van der Waals surface area (Å²) in [4.78, 5) is 38.4. The molecule has 1 fully saturated rings. The quantitative estimate of drug-likeness (QED) is 0.332. The van der Waals surface area contributed by atoms with E-state index in [1.165, 1.54) is 4.90 Å². The number of ether oxygens (including phenoxy) is 2. The van der Waals surface area contributed by atoms with Crippen LogP contribution in [0.2, 0.25) is 0 Å². The molecule has 1 atom stereocenters. The van der Waals surface area contributed by atoms with Gasteiger partial charge in [0.1, 0.15) is 18.4 Å². The molecule has 1 aliphatic heterocycles. The summed E-state index contributed by atoms with van der Waals surface area (Å²) >= 11 is 0. The second-order valence-electron chi connectivity index (χ2n) is 6.65. The maximum absolute atomic E-state index is 12.7. The summed E-state index contributed by atoms with van der Waals surface area (Å²) in [7, 11) is 0. The number of carbonyl (C=O) groups is 3. The number of piperazine rings is 1. The van der Waals surface area contributed by atoms with Gasteiger partial charge in [0, 0.05) is 24.8 Å². The molecule has 8 heteroatoms. The van der Waals surface area contributed by atoms with Gasteiger partial charge in [-0.1, -0.05) is 32.1 Å². The Kier molecular flexibility index (Phi) is 9.01. The van der Waals surface area contributed by atoms with Crippen LogP contribution in [0.5, 0.6) is 5.75 Å². The van der Waals surface area contributed by atoms with Crippen LogP contribution in [0.25, 0.3) is 0 Å². The first kappa shape index (κ1) is 22.3. The fraction of sp³-hybridized carbons (Fsp3) is 0.476. The van der Waals surface area contributed by atoms with Crippen LogP contribution in [0, 0.1) is 0 Å². The number of carbonyl (C=O) groups excluding carboxylic acids is 3. The predicted molar refractivity (Wildman–Crippen MR) is 110 cm³/mol. The van der Waals surface area contributed by atoms with Crippen molar-refractivity contribution >= 4 is 23.5 Å². The molecule has 1 aromatic carbocycles. The molecule has 0 bridgehead atoms. The number of unbranched alkanes of at least 4 members (excludes halogenated alkanes) is 1. The van der Waals surface area contributed by atoms with Crippen LogP contribution < -0.4 is 15.4 Å². The number of rotatable bonds is 11. The van der Waals surface area contributed by atoms with Crippen molar-refractivity contribution in [3.63, 3.8) is 0 Å². The standard InChI is InChI=1S/C21H29N3O5/c1-3-5-12-29-20(26)14-18-21(27)22-9-10-24(18)19(25)15-23-16-7-6-8-17(13-16)28-11-4-2/h4,6-8,13,18,23H,2-3,5,9-12,14-15H2,1H3,(H,22,27). The molecule has 1 heterocycles. The summed E-state index contributed by atoms with van der Waals surface area (Å²) in [5.74, 6) is -0.411. The molecule has 1 aromatic rings. The Morgan fingerprint density at radius 2 is 2.24 bits per heavy atom. The van der Waals surface area contributed by atoms with Crippen molar-refractivity contribution in [2.24, 2.45) is 0 Å². The number of nitrogens with one attached hydrogen (secondary N) is 2. The molecule has 29 heavy (non-hydrogen) atoms. The lowest BCUT2D eigenvalue weighted by atomic mass is 10.1. The number of hydrogen-bond donors (Lipinski definition) is 2. The molecule has 0 spiro atoms. The smallest absolute Gasteiger partial charge is 0.308 e. The molecular weight excluding hydrogens is 374 g/mol. The number of benzene rings is 1. The van der Waals surface area contributed by atoms with E-state index in [0.717, 1.165) is 18.5 Å². The van der Waals surface area contributed by atoms with Crippen molar-refractivity contribution in [1.29, 1.82) is 0 Å². The summed E-state index contributed by atoms with van der Waals surface area (Å²) in [5.41, 5.74) is 0.719. The molecule has 158 valence electrons. The van der Waals surface area contributed by atoms with Crippen LogP contribution in [-0.4, -0.2) is 61.6 Å². The van der Waals surface area contributed by atoms with Gasteiger partial charge in [-0.25, -0.2) is 0 Å². The Morgan fingerprint density at radius 1 is 1.41 bits per heavy atom. The monoisotopic (exact) mass is 403 g/mol. The topological polar surface area (TPSA) is 97.0 Å². The Hall–Kier alpha value is -3.03. The third-order valence-electron chi connectivity index (χ3n) is 4.42. The second kappa shape index (κ2) is 11.7. The van der Waals surface area contributed by atoms with Crippen molar-refractivity contribution in [1.82, 2.24) is 10.2 Å². The van der Waals surface area contributed by atoms with E-state index < -0.39 is 12.0 Å². The highest BCUT2D eigenvalue weighted by molar-refractivity contribution is 5.93.